The van der Waals surface area contributed by atoms with E-state index < -0.39 is 0 Å². The fourth-order valence-corrected chi connectivity index (χ4v) is 4.11. The van der Waals surface area contributed by atoms with Crippen LogP contribution in [0.5, 0.6) is 0 Å². The Labute approximate surface area is 166 Å². The molecule has 1 nitrogen and oxygen atoms in total. The second-order valence-electron chi connectivity index (χ2n) is 8.22. The summed E-state index contributed by atoms with van der Waals surface area (Å²) in [5, 5.41) is 3.17. The van der Waals surface area contributed by atoms with Crippen LogP contribution in [0, 0.1) is 5.41 Å². The highest BCUT2D eigenvalue weighted by Crippen LogP contribution is 2.41. The molecular formula is C25H24ClN. The van der Waals surface area contributed by atoms with E-state index >= 15 is 0 Å². The summed E-state index contributed by atoms with van der Waals surface area (Å²) in [6.07, 6.45) is 9.68. The third-order valence-electron chi connectivity index (χ3n) is 5.41. The van der Waals surface area contributed by atoms with Gasteiger partial charge in [-0.3, -0.25) is 4.98 Å². The first-order valence-corrected chi connectivity index (χ1v) is 9.83. The molecule has 0 saturated heterocycles. The maximum Gasteiger partial charge on any atom is 0.0894 e. The van der Waals surface area contributed by atoms with Gasteiger partial charge in [0.2, 0.25) is 0 Å². The molecule has 27 heavy (non-hydrogen) atoms. The zero-order valence-electron chi connectivity index (χ0n) is 16.0. The van der Waals surface area contributed by atoms with E-state index in [0.29, 0.717) is 10.9 Å². The molecule has 1 unspecified atom stereocenters. The molecule has 1 aliphatic rings. The van der Waals surface area contributed by atoms with Gasteiger partial charge in [-0.05, 0) is 40.3 Å². The van der Waals surface area contributed by atoms with Crippen LogP contribution in [0.15, 0.2) is 78.5 Å². The lowest BCUT2D eigenvalue weighted by Gasteiger charge is -2.29. The highest BCUT2D eigenvalue weighted by atomic mass is 35.5. The number of hydrogen-bond donors (Lipinski definition) is 0. The van der Waals surface area contributed by atoms with Crippen LogP contribution >= 0.6 is 11.6 Å². The molecule has 3 aromatic rings. The number of allylic oxidation sites excluding steroid dienone is 4. The van der Waals surface area contributed by atoms with Crippen LogP contribution in [0.2, 0.25) is 5.02 Å². The quantitative estimate of drug-likeness (QED) is 0.451. The first-order chi connectivity index (χ1) is 12.9. The fraction of sp³-hybridized carbons (Fsp3) is 0.240. The van der Waals surface area contributed by atoms with Crippen LogP contribution in [0.1, 0.15) is 38.7 Å². The number of nitrogens with zero attached hydrogens (tertiary/aromatic N) is 1. The summed E-state index contributed by atoms with van der Waals surface area (Å²) >= 11 is 6.44. The summed E-state index contributed by atoms with van der Waals surface area (Å²) in [5.74, 6) is 0.391. The molecule has 2 aromatic carbocycles. The Hall–Kier alpha value is -2.38. The first-order valence-electron chi connectivity index (χ1n) is 9.45. The zero-order chi connectivity index (χ0) is 19.0. The second kappa shape index (κ2) is 6.98. The minimum atomic E-state index is 0.195. The van der Waals surface area contributed by atoms with Crippen molar-refractivity contribution in [1.82, 2.24) is 4.98 Å². The van der Waals surface area contributed by atoms with Gasteiger partial charge in [0.25, 0.3) is 0 Å². The van der Waals surface area contributed by atoms with Crippen LogP contribution in [0.3, 0.4) is 0 Å². The predicted octanol–water partition coefficient (Wildman–Crippen LogP) is 7.57. The highest BCUT2D eigenvalue weighted by Gasteiger charge is 2.24. The summed E-state index contributed by atoms with van der Waals surface area (Å²) < 4.78 is 0. The van der Waals surface area contributed by atoms with E-state index in [4.69, 9.17) is 11.6 Å². The second-order valence-corrected chi connectivity index (χ2v) is 8.63. The molecule has 0 spiro atoms. The van der Waals surface area contributed by atoms with Crippen molar-refractivity contribution in [3.63, 3.8) is 0 Å². The van der Waals surface area contributed by atoms with Crippen LogP contribution in [-0.4, -0.2) is 4.98 Å². The molecule has 1 aromatic heterocycles. The van der Waals surface area contributed by atoms with Crippen molar-refractivity contribution in [1.29, 1.82) is 0 Å². The minimum Gasteiger partial charge on any atom is -0.255 e. The van der Waals surface area contributed by atoms with Crippen molar-refractivity contribution in [2.24, 2.45) is 5.41 Å². The Balaban J connectivity index is 1.84. The summed E-state index contributed by atoms with van der Waals surface area (Å²) in [7, 11) is 0. The molecule has 0 N–H and O–H groups in total. The normalized spacial score (nSPS) is 17.2. The van der Waals surface area contributed by atoms with Gasteiger partial charge in [-0.1, -0.05) is 92.6 Å². The number of rotatable bonds is 2. The van der Waals surface area contributed by atoms with Gasteiger partial charge in [-0.2, -0.15) is 0 Å². The SMILES string of the molecule is CC(C)(C)C1=CC=CC(c2ccc(-c3ncccc3Cl)c3ccccc23)C1. The van der Waals surface area contributed by atoms with Crippen LogP contribution < -0.4 is 0 Å². The average molecular weight is 374 g/mol. The van der Waals surface area contributed by atoms with Gasteiger partial charge in [0.15, 0.2) is 0 Å². The largest absolute Gasteiger partial charge is 0.255 e. The number of hydrogen-bond acceptors (Lipinski definition) is 1. The molecule has 4 rings (SSSR count). The van der Waals surface area contributed by atoms with E-state index in [-0.39, 0.29) is 5.41 Å². The molecule has 2 heteroatoms. The number of benzene rings is 2. The van der Waals surface area contributed by atoms with Crippen molar-refractivity contribution >= 4 is 22.4 Å². The molecule has 1 heterocycles. The maximum atomic E-state index is 6.44. The number of pyridine rings is 1. The molecule has 1 atom stereocenters. The lowest BCUT2D eigenvalue weighted by Crippen LogP contribution is -2.14. The Kier molecular flexibility index (Phi) is 4.65. The molecule has 0 amide bonds. The van der Waals surface area contributed by atoms with Gasteiger partial charge >= 0.3 is 0 Å². The first kappa shape index (κ1) is 18.0. The van der Waals surface area contributed by atoms with Gasteiger partial charge in [-0.25, -0.2) is 0 Å². The van der Waals surface area contributed by atoms with Crippen molar-refractivity contribution in [3.8, 4) is 11.3 Å². The van der Waals surface area contributed by atoms with Crippen LogP contribution in [-0.2, 0) is 0 Å². The standard InChI is InChI=1S/C25H24ClN/c1-25(2,3)18-9-6-8-17(16-18)19-13-14-22(21-11-5-4-10-20(19)21)24-23(26)12-7-15-27-24/h4-15,17H,16H2,1-3H3. The molecule has 0 bridgehead atoms. The Morgan fingerprint density at radius 1 is 0.963 bits per heavy atom. The topological polar surface area (TPSA) is 12.9 Å². The third-order valence-corrected chi connectivity index (χ3v) is 5.72. The van der Waals surface area contributed by atoms with Gasteiger partial charge in [-0.15, -0.1) is 0 Å². The smallest absolute Gasteiger partial charge is 0.0894 e. The number of aromatic nitrogens is 1. The summed E-state index contributed by atoms with van der Waals surface area (Å²) in [4.78, 5) is 4.53. The average Bonchev–Trinajstić information content (AvgIpc) is 2.67. The van der Waals surface area contributed by atoms with E-state index in [0.717, 1.165) is 17.7 Å². The minimum absolute atomic E-state index is 0.195. The van der Waals surface area contributed by atoms with Crippen molar-refractivity contribution in [2.45, 2.75) is 33.1 Å². The van der Waals surface area contributed by atoms with Crippen molar-refractivity contribution in [2.75, 3.05) is 0 Å². The molecule has 0 aliphatic heterocycles. The molecule has 1 aliphatic carbocycles. The lowest BCUT2D eigenvalue weighted by atomic mass is 9.76. The van der Waals surface area contributed by atoms with E-state index in [2.05, 4.69) is 80.4 Å². The predicted molar refractivity (Wildman–Crippen MR) is 116 cm³/mol. The van der Waals surface area contributed by atoms with E-state index in [1.807, 2.05) is 12.1 Å². The van der Waals surface area contributed by atoms with Crippen LogP contribution in [0.4, 0.5) is 0 Å². The van der Waals surface area contributed by atoms with Gasteiger partial charge in [0.1, 0.15) is 0 Å². The molecule has 0 saturated carbocycles. The van der Waals surface area contributed by atoms with Gasteiger partial charge in [0, 0.05) is 17.7 Å². The Morgan fingerprint density at radius 2 is 1.74 bits per heavy atom. The highest BCUT2D eigenvalue weighted by molar-refractivity contribution is 6.33. The molecule has 136 valence electrons. The summed E-state index contributed by atoms with van der Waals surface area (Å²) in [6, 6.07) is 16.8. The Bertz CT molecular complexity index is 1050. The van der Waals surface area contributed by atoms with Crippen molar-refractivity contribution < 1.29 is 0 Å². The molecule has 0 radical (unpaired) electrons. The molecular weight excluding hydrogens is 350 g/mol. The lowest BCUT2D eigenvalue weighted by molar-refractivity contribution is 0.473. The van der Waals surface area contributed by atoms with Gasteiger partial charge in [0.05, 0.1) is 10.7 Å². The third kappa shape index (κ3) is 3.44. The summed E-state index contributed by atoms with van der Waals surface area (Å²) in [5.41, 5.74) is 4.99. The van der Waals surface area contributed by atoms with E-state index in [9.17, 15) is 0 Å². The van der Waals surface area contributed by atoms with Crippen molar-refractivity contribution in [3.05, 3.63) is 89.1 Å². The maximum absolute atomic E-state index is 6.44. The number of fused-ring (bicyclic) bond motifs is 1. The van der Waals surface area contributed by atoms with E-state index in [1.165, 1.54) is 21.9 Å². The molecule has 0 fully saturated rings. The Morgan fingerprint density at radius 3 is 2.48 bits per heavy atom. The number of halogens is 1. The van der Waals surface area contributed by atoms with Gasteiger partial charge < -0.3 is 0 Å². The zero-order valence-corrected chi connectivity index (χ0v) is 16.8. The monoisotopic (exact) mass is 373 g/mol. The van der Waals surface area contributed by atoms with E-state index in [1.54, 1.807) is 6.20 Å². The van der Waals surface area contributed by atoms with Crippen LogP contribution in [0.25, 0.3) is 22.0 Å². The summed E-state index contributed by atoms with van der Waals surface area (Å²) in [6.45, 7) is 6.87. The fourth-order valence-electron chi connectivity index (χ4n) is 3.88.